The van der Waals surface area contributed by atoms with E-state index in [1.54, 1.807) is 0 Å². The van der Waals surface area contributed by atoms with Gasteiger partial charge in [-0.05, 0) is 127 Å². The van der Waals surface area contributed by atoms with Crippen LogP contribution in [-0.4, -0.2) is 28.2 Å². The fraction of sp³-hybridized carbons (Fsp3) is 0.0667. The second-order valence-electron chi connectivity index (χ2n) is 13.0. The van der Waals surface area contributed by atoms with E-state index in [9.17, 15) is 0 Å². The summed E-state index contributed by atoms with van der Waals surface area (Å²) in [5, 5.41) is 2.41. The molecule has 0 aliphatic heterocycles. The number of rotatable bonds is 7. The predicted octanol–water partition coefficient (Wildman–Crippen LogP) is 11.1. The van der Waals surface area contributed by atoms with Crippen LogP contribution in [0.4, 0.5) is 0 Å². The van der Waals surface area contributed by atoms with Crippen molar-refractivity contribution in [3.8, 4) is 33.9 Å². The summed E-state index contributed by atoms with van der Waals surface area (Å²) in [7, 11) is 0. The van der Waals surface area contributed by atoms with Crippen LogP contribution in [0, 0.1) is 13.8 Å². The molecule has 6 heteroatoms. The standard InChI is InChI=1S/C45H36N6/c1-5-13-42-38(6-2)46-28-50(42)35-25-37(31(4)45(27-35)51-29-47-39-16-9-12-19-43(39)51)36-24-34(48-22-20-32-14-7-10-17-40(32)48)26-44(30(36)3)49-23-21-33-15-8-11-18-41(33)49/h5-29H,2H2,1,3-4H3/b13-5-. The Morgan fingerprint density at radius 1 is 0.569 bits per heavy atom. The van der Waals surface area contributed by atoms with Crippen molar-refractivity contribution >= 4 is 45.0 Å². The second kappa shape index (κ2) is 12.0. The van der Waals surface area contributed by atoms with E-state index in [-0.39, 0.29) is 0 Å². The van der Waals surface area contributed by atoms with Crippen LogP contribution in [0.25, 0.3) is 78.9 Å². The van der Waals surface area contributed by atoms with Gasteiger partial charge in [-0.25, -0.2) is 9.97 Å². The minimum Gasteiger partial charge on any atom is -0.316 e. The van der Waals surface area contributed by atoms with Gasteiger partial charge in [0.05, 0.1) is 44.8 Å². The molecule has 0 N–H and O–H groups in total. The lowest BCUT2D eigenvalue weighted by Crippen LogP contribution is -2.06. The molecular weight excluding hydrogens is 625 g/mol. The topological polar surface area (TPSA) is 45.5 Å². The van der Waals surface area contributed by atoms with Crippen LogP contribution >= 0.6 is 0 Å². The van der Waals surface area contributed by atoms with Crippen molar-refractivity contribution in [1.29, 1.82) is 0 Å². The summed E-state index contributed by atoms with van der Waals surface area (Å²) in [5.41, 5.74) is 15.1. The molecule has 6 nitrogen and oxygen atoms in total. The van der Waals surface area contributed by atoms with E-state index in [1.807, 2.05) is 37.8 Å². The summed E-state index contributed by atoms with van der Waals surface area (Å²) in [4.78, 5) is 9.53. The Bertz CT molecular complexity index is 2820. The van der Waals surface area contributed by atoms with Gasteiger partial charge in [0.1, 0.15) is 12.7 Å². The van der Waals surface area contributed by atoms with Gasteiger partial charge >= 0.3 is 0 Å². The highest BCUT2D eigenvalue weighted by molar-refractivity contribution is 5.88. The molecule has 4 aromatic heterocycles. The van der Waals surface area contributed by atoms with E-state index >= 15 is 0 Å². The maximum Gasteiger partial charge on any atom is 0.100 e. The van der Waals surface area contributed by atoms with Crippen LogP contribution in [0.3, 0.4) is 0 Å². The lowest BCUT2D eigenvalue weighted by Gasteiger charge is -2.22. The summed E-state index contributed by atoms with van der Waals surface area (Å²) in [6.07, 6.45) is 14.1. The van der Waals surface area contributed by atoms with E-state index in [4.69, 9.17) is 9.97 Å². The average molecular weight is 661 g/mol. The first-order valence-electron chi connectivity index (χ1n) is 17.2. The molecule has 0 bridgehead atoms. The average Bonchev–Trinajstić information content (AvgIpc) is 3.97. The van der Waals surface area contributed by atoms with Crippen LogP contribution in [0.1, 0.15) is 29.4 Å². The van der Waals surface area contributed by atoms with E-state index < -0.39 is 0 Å². The predicted molar refractivity (Wildman–Crippen MR) is 212 cm³/mol. The first-order valence-corrected chi connectivity index (χ1v) is 17.2. The molecule has 0 fully saturated rings. The van der Waals surface area contributed by atoms with Crippen LogP contribution in [-0.2, 0) is 0 Å². The number of benzene rings is 5. The van der Waals surface area contributed by atoms with Gasteiger partial charge in [-0.15, -0.1) is 0 Å². The molecule has 0 atom stereocenters. The Balaban J connectivity index is 1.38. The fourth-order valence-electron chi connectivity index (χ4n) is 7.52. The summed E-state index contributed by atoms with van der Waals surface area (Å²) in [6, 6.07) is 39.0. The summed E-state index contributed by atoms with van der Waals surface area (Å²) in [5.74, 6) is 0. The molecule has 51 heavy (non-hydrogen) atoms. The Morgan fingerprint density at radius 3 is 1.78 bits per heavy atom. The monoisotopic (exact) mass is 660 g/mol. The van der Waals surface area contributed by atoms with Gasteiger partial charge in [0.2, 0.25) is 0 Å². The van der Waals surface area contributed by atoms with Gasteiger partial charge in [-0.3, -0.25) is 9.13 Å². The molecule has 246 valence electrons. The molecule has 0 radical (unpaired) electrons. The van der Waals surface area contributed by atoms with E-state index in [0.29, 0.717) is 0 Å². The molecule has 0 unspecified atom stereocenters. The maximum absolute atomic E-state index is 4.79. The zero-order valence-electron chi connectivity index (χ0n) is 28.8. The third-order valence-corrected chi connectivity index (χ3v) is 10.1. The van der Waals surface area contributed by atoms with Crippen molar-refractivity contribution in [2.45, 2.75) is 20.8 Å². The Kier molecular flexibility index (Phi) is 7.18. The van der Waals surface area contributed by atoms with Crippen LogP contribution in [0.2, 0.25) is 0 Å². The summed E-state index contributed by atoms with van der Waals surface area (Å²) in [6.45, 7) is 10.5. The van der Waals surface area contributed by atoms with Crippen molar-refractivity contribution in [2.24, 2.45) is 0 Å². The number of hydrogen-bond donors (Lipinski definition) is 0. The number of allylic oxidation sites excluding steroid dienone is 1. The minimum absolute atomic E-state index is 0.837. The quantitative estimate of drug-likeness (QED) is 0.171. The van der Waals surface area contributed by atoms with Gasteiger partial charge in [0.15, 0.2) is 0 Å². The van der Waals surface area contributed by atoms with E-state index in [2.05, 4.69) is 160 Å². The molecule has 9 rings (SSSR count). The highest BCUT2D eigenvalue weighted by Crippen LogP contribution is 2.39. The smallest absolute Gasteiger partial charge is 0.100 e. The highest BCUT2D eigenvalue weighted by atomic mass is 15.1. The third kappa shape index (κ3) is 4.87. The lowest BCUT2D eigenvalue weighted by atomic mass is 9.92. The van der Waals surface area contributed by atoms with Gasteiger partial charge in [-0.1, -0.05) is 61.2 Å². The van der Waals surface area contributed by atoms with Gasteiger partial charge < -0.3 is 9.13 Å². The van der Waals surface area contributed by atoms with Gasteiger partial charge in [0.25, 0.3) is 0 Å². The molecule has 0 spiro atoms. The number of hydrogen-bond acceptors (Lipinski definition) is 2. The second-order valence-corrected chi connectivity index (χ2v) is 13.0. The van der Waals surface area contributed by atoms with Crippen molar-refractivity contribution < 1.29 is 0 Å². The number of imidazole rings is 2. The lowest BCUT2D eigenvalue weighted by molar-refractivity contribution is 1.02. The van der Waals surface area contributed by atoms with Crippen LogP contribution in [0.15, 0.2) is 147 Å². The fourth-order valence-corrected chi connectivity index (χ4v) is 7.52. The largest absolute Gasteiger partial charge is 0.316 e. The SMILES string of the molecule is C=Cc1ncn(-c2cc(-c3cc(-n4ccc5ccccc54)cc(-n4ccc5ccccc54)c3C)c(C)c(-n3cnc4ccccc43)c2)c1/C=C\C. The molecule has 0 aliphatic rings. The summed E-state index contributed by atoms with van der Waals surface area (Å²) >= 11 is 0. The normalized spacial score (nSPS) is 11.8. The third-order valence-electron chi connectivity index (χ3n) is 10.1. The first kappa shape index (κ1) is 30.4. The molecule has 0 amide bonds. The highest BCUT2D eigenvalue weighted by Gasteiger charge is 2.21. The number of nitrogens with zero attached hydrogens (tertiary/aromatic N) is 6. The summed E-state index contributed by atoms with van der Waals surface area (Å²) < 4.78 is 8.98. The molecule has 0 saturated heterocycles. The molecule has 0 saturated carbocycles. The Labute approximate surface area is 296 Å². The van der Waals surface area contributed by atoms with Crippen molar-refractivity contribution in [1.82, 2.24) is 28.2 Å². The maximum atomic E-state index is 4.79. The van der Waals surface area contributed by atoms with Crippen LogP contribution in [0.5, 0.6) is 0 Å². The minimum atomic E-state index is 0.837. The Hall–Kier alpha value is -6.66. The molecule has 9 aromatic rings. The number of aromatic nitrogens is 6. The molecule has 0 aliphatic carbocycles. The van der Waals surface area contributed by atoms with Crippen LogP contribution < -0.4 is 0 Å². The van der Waals surface area contributed by atoms with Gasteiger partial charge in [0, 0.05) is 23.8 Å². The number of fused-ring (bicyclic) bond motifs is 3. The molecule has 4 heterocycles. The van der Waals surface area contributed by atoms with Crippen molar-refractivity contribution in [2.75, 3.05) is 0 Å². The van der Waals surface area contributed by atoms with E-state index in [0.717, 1.165) is 67.4 Å². The molecular formula is C45H36N6. The number of para-hydroxylation sites is 4. The first-order chi connectivity index (χ1) is 25.0. The van der Waals surface area contributed by atoms with Crippen molar-refractivity contribution in [3.05, 3.63) is 169 Å². The zero-order valence-corrected chi connectivity index (χ0v) is 28.8. The zero-order chi connectivity index (χ0) is 34.6. The Morgan fingerprint density at radius 2 is 1.12 bits per heavy atom. The van der Waals surface area contributed by atoms with Crippen molar-refractivity contribution in [3.63, 3.8) is 0 Å². The van der Waals surface area contributed by atoms with Gasteiger partial charge in [-0.2, -0.15) is 0 Å². The molecule has 5 aromatic carbocycles. The van der Waals surface area contributed by atoms with E-state index in [1.165, 1.54) is 21.9 Å².